The zero-order valence-electron chi connectivity index (χ0n) is 23.7. The zero-order valence-corrected chi connectivity index (χ0v) is 26.0. The zero-order chi connectivity index (χ0) is 30.1. The van der Waals surface area contributed by atoms with Gasteiger partial charge in [-0.1, -0.05) is 67.9 Å². The van der Waals surface area contributed by atoms with Crippen molar-refractivity contribution in [2.45, 2.75) is 52.9 Å². The number of aromatic amines is 1. The van der Waals surface area contributed by atoms with Gasteiger partial charge in [-0.25, -0.2) is 4.39 Å². The Kier molecular flexibility index (Phi) is 25.4. The fourth-order valence-electron chi connectivity index (χ4n) is 2.92. The Morgan fingerprint density at radius 3 is 1.60 bits per heavy atom. The fraction of sp³-hybridized carbons (Fsp3) is 0.333. The summed E-state index contributed by atoms with van der Waals surface area (Å²) in [5.74, 6) is -2.79. The molecule has 2 aromatic carbocycles. The van der Waals surface area contributed by atoms with E-state index < -0.39 is 40.8 Å². The molecule has 2 unspecified atom stereocenters. The number of rotatable bonds is 6. The SMILES string of the molecule is CC(C)Cc1ccc(C(C)C(=O)O)cc1.Cc1ccc(C(C)C(=O)O)cc1.O=N[O-].O=c1[n-]c(=O)c(F)c[nH]1.[NH2-].[NH2-].[Pt]. The fourth-order valence-corrected chi connectivity index (χ4v) is 2.92. The molecule has 1 heterocycles. The number of aliphatic carboxylic acids is 2. The first kappa shape index (κ1) is 45.0. The van der Waals surface area contributed by atoms with Gasteiger partial charge in [0.1, 0.15) is 0 Å². The molecule has 0 bridgehead atoms. The molecule has 0 aliphatic carbocycles. The Hall–Kier alpha value is -4.00. The van der Waals surface area contributed by atoms with E-state index in [0.717, 1.165) is 28.5 Å². The molecule has 0 radical (unpaired) electrons. The van der Waals surface area contributed by atoms with Crippen molar-refractivity contribution >= 4 is 11.9 Å². The third-order valence-corrected chi connectivity index (χ3v) is 5.17. The van der Waals surface area contributed by atoms with Crippen LogP contribution in [0.3, 0.4) is 0 Å². The predicted molar refractivity (Wildman–Crippen MR) is 155 cm³/mol. The van der Waals surface area contributed by atoms with Crippen LogP contribution in [0.15, 0.2) is 69.7 Å². The van der Waals surface area contributed by atoms with E-state index in [1.54, 1.807) is 13.8 Å². The van der Waals surface area contributed by atoms with Gasteiger partial charge in [-0.05, 0) is 56.0 Å². The molecule has 238 valence electrons. The molecule has 0 spiro atoms. The number of halogens is 1. The standard InChI is InChI=1S/C13H18O2.C10H12O2.C4H3FN2O2.HNO2.2H2N.Pt/c1-9(2)8-11-4-6-12(7-5-11)10(3)13(14)15;1-7-3-5-9(6-4-7)8(2)10(11)12;5-2-1-6-4(9)7-3(2)8;2-1-3;;;/h4-7,9-10H,8H2,1-3H3,(H,14,15);3-6,8H,1-2H3,(H,11,12);1H,(H2,6,7,8,9);(H,2,3);2*1H2;/q;;;;2*-1;/p-2. The average molecular weight is 773 g/mol. The second-order valence-corrected chi connectivity index (χ2v) is 8.80. The maximum atomic E-state index is 12.0. The second kappa shape index (κ2) is 23.7. The number of nitrogens with two attached hydrogens (primary N) is 2. The van der Waals surface area contributed by atoms with Gasteiger partial charge >= 0.3 is 11.9 Å². The molecule has 42 heavy (non-hydrogen) atoms. The van der Waals surface area contributed by atoms with Gasteiger partial charge in [0.05, 0.1) is 11.8 Å². The maximum absolute atomic E-state index is 12.0. The van der Waals surface area contributed by atoms with Crippen LogP contribution in [0, 0.1) is 28.8 Å². The number of aryl methyl sites for hydroxylation is 1. The van der Waals surface area contributed by atoms with Crippen LogP contribution in [0.2, 0.25) is 0 Å². The summed E-state index contributed by atoms with van der Waals surface area (Å²) in [4.78, 5) is 54.2. The Balaban J connectivity index is -0.000000243. The van der Waals surface area contributed by atoms with Crippen LogP contribution < -0.4 is 16.2 Å². The van der Waals surface area contributed by atoms with Crippen molar-refractivity contribution in [3.63, 3.8) is 0 Å². The van der Waals surface area contributed by atoms with E-state index in [2.05, 4.69) is 18.8 Å². The molecule has 0 fully saturated rings. The van der Waals surface area contributed by atoms with Crippen LogP contribution in [0.5, 0.6) is 0 Å². The number of carboxylic acids is 2. The van der Waals surface area contributed by atoms with Gasteiger partial charge in [0.25, 0.3) is 0 Å². The number of H-pyrrole nitrogens is 1. The van der Waals surface area contributed by atoms with Gasteiger partial charge in [-0.2, -0.15) is 0 Å². The van der Waals surface area contributed by atoms with Crippen molar-refractivity contribution in [1.29, 1.82) is 0 Å². The summed E-state index contributed by atoms with van der Waals surface area (Å²) in [6, 6.07) is 15.4. The van der Waals surface area contributed by atoms with Crippen molar-refractivity contribution in [3.8, 4) is 0 Å². The molecule has 3 aromatic rings. The molecule has 13 nitrogen and oxygen atoms in total. The summed E-state index contributed by atoms with van der Waals surface area (Å²) >= 11 is 0. The molecule has 0 aliphatic heterocycles. The van der Waals surface area contributed by atoms with Crippen molar-refractivity contribution in [1.82, 2.24) is 9.97 Å². The summed E-state index contributed by atoms with van der Waals surface area (Å²) in [5, 5.41) is 26.6. The van der Waals surface area contributed by atoms with Gasteiger partial charge in [-0.3, -0.25) is 19.2 Å². The van der Waals surface area contributed by atoms with E-state index in [-0.39, 0.29) is 33.4 Å². The third kappa shape index (κ3) is 18.4. The molecule has 2 atom stereocenters. The Morgan fingerprint density at radius 1 is 0.905 bits per heavy atom. The second-order valence-electron chi connectivity index (χ2n) is 8.80. The van der Waals surface area contributed by atoms with Gasteiger partial charge in [0.15, 0.2) is 11.5 Å². The summed E-state index contributed by atoms with van der Waals surface area (Å²) in [6.07, 6.45) is 1.72. The van der Waals surface area contributed by atoms with Crippen LogP contribution in [0.25, 0.3) is 12.3 Å². The van der Waals surface area contributed by atoms with Crippen molar-refractivity contribution < 1.29 is 45.3 Å². The number of nitrogens with zero attached hydrogens (tertiary/aromatic N) is 2. The van der Waals surface area contributed by atoms with Crippen molar-refractivity contribution in [2.24, 2.45) is 11.3 Å². The van der Waals surface area contributed by atoms with Gasteiger partial charge < -0.3 is 42.6 Å². The smallest absolute Gasteiger partial charge is 0.310 e. The van der Waals surface area contributed by atoms with Crippen LogP contribution in [-0.2, 0) is 37.1 Å². The molecule has 7 N–H and O–H groups in total. The van der Waals surface area contributed by atoms with Gasteiger partial charge in [0, 0.05) is 21.1 Å². The minimum Gasteiger partial charge on any atom is -0.693 e. The van der Waals surface area contributed by atoms with E-state index in [1.165, 1.54) is 5.56 Å². The topological polar surface area (TPSA) is 258 Å². The van der Waals surface area contributed by atoms with Crippen molar-refractivity contribution in [2.75, 3.05) is 0 Å². The number of nitrogens with one attached hydrogen (secondary N) is 1. The van der Waals surface area contributed by atoms with E-state index in [4.69, 9.17) is 20.3 Å². The Labute approximate surface area is 257 Å². The number of carboxylic acid groups (broad SMARTS) is 2. The van der Waals surface area contributed by atoms with E-state index in [0.29, 0.717) is 12.1 Å². The van der Waals surface area contributed by atoms with Crippen LogP contribution >= 0.6 is 0 Å². The normalized spacial score (nSPS) is 10.5. The molecule has 15 heteroatoms. The molecule has 3 rings (SSSR count). The summed E-state index contributed by atoms with van der Waals surface area (Å²) in [7, 11) is 0. The summed E-state index contributed by atoms with van der Waals surface area (Å²) in [5.41, 5.74) is 2.19. The first-order chi connectivity index (χ1) is 18.2. The maximum Gasteiger partial charge on any atom is 0.310 e. The minimum atomic E-state index is -1.13. The van der Waals surface area contributed by atoms with Crippen LogP contribution in [0.1, 0.15) is 61.8 Å². The number of benzene rings is 2. The Bertz CT molecular complexity index is 1300. The predicted octanol–water partition coefficient (Wildman–Crippen LogP) is 5.77. The summed E-state index contributed by atoms with van der Waals surface area (Å²) < 4.78 is 12.0. The van der Waals surface area contributed by atoms with E-state index >= 15 is 0 Å². The monoisotopic (exact) mass is 772 g/mol. The van der Waals surface area contributed by atoms with Gasteiger partial charge in [-0.15, -0.1) is 5.34 Å². The molecular weight excluding hydrogens is 736 g/mol. The molecule has 0 aliphatic rings. The molecular formula is C27H36FN5O8Pt-4. The molecule has 0 amide bonds. The largest absolute Gasteiger partial charge is 0.693 e. The van der Waals surface area contributed by atoms with Gasteiger partial charge in [0.2, 0.25) is 5.56 Å². The quantitative estimate of drug-likeness (QED) is 0.203. The number of hydrogen-bond donors (Lipinski definition) is 3. The number of hydrogen-bond acceptors (Lipinski definition) is 7. The summed E-state index contributed by atoms with van der Waals surface area (Å²) in [6.45, 7) is 9.73. The number of carbonyl (C=O) groups is 2. The molecule has 0 saturated carbocycles. The number of aromatic nitrogens is 2. The van der Waals surface area contributed by atoms with Crippen molar-refractivity contribution in [3.05, 3.63) is 126 Å². The first-order valence-electron chi connectivity index (χ1n) is 11.7. The minimum absolute atomic E-state index is 0. The Morgan fingerprint density at radius 2 is 1.29 bits per heavy atom. The molecule has 0 saturated heterocycles. The van der Waals surface area contributed by atoms with Crippen LogP contribution in [-0.4, -0.2) is 27.1 Å². The van der Waals surface area contributed by atoms with E-state index in [9.17, 15) is 23.6 Å². The van der Waals surface area contributed by atoms with E-state index in [1.807, 2.05) is 60.4 Å². The first-order valence-corrected chi connectivity index (χ1v) is 11.7. The third-order valence-electron chi connectivity index (χ3n) is 5.17. The molecule has 1 aromatic heterocycles. The average Bonchev–Trinajstić information content (AvgIpc) is 2.87. The van der Waals surface area contributed by atoms with Crippen LogP contribution in [0.4, 0.5) is 4.39 Å².